The van der Waals surface area contributed by atoms with Gasteiger partial charge in [0, 0.05) is 28.5 Å². The number of carbonyl (C=O) groups is 1. The molecule has 2 aliphatic rings. The summed E-state index contributed by atoms with van der Waals surface area (Å²) in [5.41, 5.74) is 10.2. The Kier molecular flexibility index (Phi) is 3.61. The summed E-state index contributed by atoms with van der Waals surface area (Å²) >= 11 is 3.26. The Morgan fingerprint density at radius 1 is 1.41 bits per heavy atom. The number of nitrogens with one attached hydrogen (secondary N) is 1. The van der Waals surface area contributed by atoms with Gasteiger partial charge in [0.05, 0.1) is 26.7 Å². The van der Waals surface area contributed by atoms with Gasteiger partial charge in [-0.25, -0.2) is 4.98 Å². The van der Waals surface area contributed by atoms with Crippen LogP contribution in [0.2, 0.25) is 0 Å². The van der Waals surface area contributed by atoms with E-state index in [2.05, 4.69) is 28.5 Å². The molecule has 0 saturated heterocycles. The molecule has 0 aromatic carbocycles. The zero-order chi connectivity index (χ0) is 18.7. The van der Waals surface area contributed by atoms with E-state index in [9.17, 15) is 10.1 Å². The third-order valence-corrected chi connectivity index (χ3v) is 7.61. The van der Waals surface area contributed by atoms with Crippen molar-refractivity contribution in [2.45, 2.75) is 25.7 Å². The largest absolute Gasteiger partial charge is 0.383 e. The number of ketones is 1. The van der Waals surface area contributed by atoms with E-state index in [-0.39, 0.29) is 23.4 Å². The normalized spacial score (nSPS) is 21.2. The highest BCUT2D eigenvalue weighted by Crippen LogP contribution is 2.53. The van der Waals surface area contributed by atoms with Crippen molar-refractivity contribution < 1.29 is 4.79 Å². The number of nitriles is 1. The van der Waals surface area contributed by atoms with Crippen LogP contribution in [0.4, 0.5) is 10.8 Å². The Morgan fingerprint density at radius 3 is 3.00 bits per heavy atom. The summed E-state index contributed by atoms with van der Waals surface area (Å²) < 4.78 is 0.964. The van der Waals surface area contributed by atoms with Gasteiger partial charge in [-0.2, -0.15) is 5.26 Å². The lowest BCUT2D eigenvalue weighted by molar-refractivity contribution is -0.122. The van der Waals surface area contributed by atoms with Crippen molar-refractivity contribution >= 4 is 49.5 Å². The van der Waals surface area contributed by atoms with Crippen molar-refractivity contribution in [1.29, 1.82) is 5.26 Å². The fourth-order valence-corrected chi connectivity index (χ4v) is 6.28. The highest BCUT2D eigenvalue weighted by molar-refractivity contribution is 7.23. The molecule has 5 rings (SSSR count). The smallest absolute Gasteiger partial charge is 0.143 e. The first-order valence-electron chi connectivity index (χ1n) is 8.76. The number of carbonyl (C=O) groups excluding carboxylic acids is 1. The second kappa shape index (κ2) is 5.91. The molecule has 0 fully saturated rings. The fraction of sp³-hybridized carbons (Fsp3) is 0.250. The molecular weight excluding hydrogens is 376 g/mol. The predicted octanol–water partition coefficient (Wildman–Crippen LogP) is 4.54. The van der Waals surface area contributed by atoms with Gasteiger partial charge < -0.3 is 11.1 Å². The molecule has 4 heterocycles. The van der Waals surface area contributed by atoms with Gasteiger partial charge in [-0.3, -0.25) is 4.79 Å². The van der Waals surface area contributed by atoms with E-state index in [1.165, 1.54) is 0 Å². The molecule has 1 aliphatic heterocycles. The number of aryl methyl sites for hydroxylation is 1. The molecule has 0 saturated carbocycles. The number of hydrogen-bond acceptors (Lipinski definition) is 7. The molecule has 3 aromatic heterocycles. The summed E-state index contributed by atoms with van der Waals surface area (Å²) in [4.78, 5) is 18.6. The summed E-state index contributed by atoms with van der Waals surface area (Å²) in [7, 11) is 0. The molecule has 1 aliphatic carbocycles. The quantitative estimate of drug-likeness (QED) is 0.634. The number of allylic oxidation sites excluding steroid dienone is 2. The first kappa shape index (κ1) is 16.5. The topological polar surface area (TPSA) is 91.8 Å². The van der Waals surface area contributed by atoms with Crippen LogP contribution in [-0.2, 0) is 4.79 Å². The van der Waals surface area contributed by atoms with Crippen LogP contribution in [0, 0.1) is 24.2 Å². The molecule has 0 radical (unpaired) electrons. The Hall–Kier alpha value is -2.69. The Morgan fingerprint density at radius 2 is 2.26 bits per heavy atom. The molecule has 134 valence electrons. The minimum atomic E-state index is -0.207. The van der Waals surface area contributed by atoms with Crippen LogP contribution < -0.4 is 11.1 Å². The van der Waals surface area contributed by atoms with Gasteiger partial charge >= 0.3 is 0 Å². The SMILES string of the molecule is Cc1c(C#N)c(N)nc2c3c(sc12)NC1=CCCC(=O)[C@H]1[C@@H]3c1cccs1. The molecule has 2 atom stereocenters. The van der Waals surface area contributed by atoms with Gasteiger partial charge in [0.25, 0.3) is 0 Å². The van der Waals surface area contributed by atoms with E-state index in [1.807, 2.05) is 18.4 Å². The molecule has 0 amide bonds. The summed E-state index contributed by atoms with van der Waals surface area (Å²) in [5.74, 6) is 0.251. The second-order valence-electron chi connectivity index (χ2n) is 6.89. The van der Waals surface area contributed by atoms with E-state index in [0.717, 1.165) is 43.3 Å². The standard InChI is InChI=1S/C20H16N4OS2/c1-9-10(8-21)19(22)24-17-16-15(13-6-3-7-26-13)14-11(4-2-5-12(14)25)23-20(16)27-18(9)17/h3-4,6-7,14-15,23H,2,5H2,1H3,(H2,22,24)/t14-,15-/m0/s1. The lowest BCUT2D eigenvalue weighted by Gasteiger charge is -2.35. The zero-order valence-corrected chi connectivity index (χ0v) is 16.2. The summed E-state index contributed by atoms with van der Waals surface area (Å²) in [5, 5.41) is 16.0. The first-order valence-corrected chi connectivity index (χ1v) is 10.5. The number of pyridine rings is 1. The van der Waals surface area contributed by atoms with E-state index in [4.69, 9.17) is 5.73 Å². The van der Waals surface area contributed by atoms with Crippen LogP contribution in [0.1, 0.15) is 40.3 Å². The number of anilines is 2. The average molecular weight is 393 g/mol. The van der Waals surface area contributed by atoms with Gasteiger partial charge in [0.15, 0.2) is 0 Å². The molecule has 27 heavy (non-hydrogen) atoms. The fourth-order valence-electron chi connectivity index (χ4n) is 4.20. The second-order valence-corrected chi connectivity index (χ2v) is 8.89. The number of Topliss-reactive ketones (excluding diaryl/α,β-unsaturated/α-hetero) is 1. The maximum Gasteiger partial charge on any atom is 0.143 e. The zero-order valence-electron chi connectivity index (χ0n) is 14.6. The molecule has 3 N–H and O–H groups in total. The predicted molar refractivity (Wildman–Crippen MR) is 109 cm³/mol. The number of aromatic nitrogens is 1. The summed E-state index contributed by atoms with van der Waals surface area (Å²) in [6, 6.07) is 6.28. The minimum absolute atomic E-state index is 0.0618. The maximum absolute atomic E-state index is 12.9. The molecule has 0 bridgehead atoms. The highest BCUT2D eigenvalue weighted by atomic mass is 32.1. The molecule has 7 heteroatoms. The van der Waals surface area contributed by atoms with Crippen molar-refractivity contribution in [3.8, 4) is 6.07 Å². The number of rotatable bonds is 1. The number of nitrogen functional groups attached to an aromatic ring is 1. The van der Waals surface area contributed by atoms with Gasteiger partial charge in [0.1, 0.15) is 17.7 Å². The van der Waals surface area contributed by atoms with Crippen LogP contribution in [0.3, 0.4) is 0 Å². The van der Waals surface area contributed by atoms with Gasteiger partial charge in [0.2, 0.25) is 0 Å². The number of thiophene rings is 2. The van der Waals surface area contributed by atoms with E-state index < -0.39 is 0 Å². The number of hydrogen-bond donors (Lipinski definition) is 2. The first-order chi connectivity index (χ1) is 13.1. The Balaban J connectivity index is 1.85. The van der Waals surface area contributed by atoms with E-state index >= 15 is 0 Å². The number of nitrogens with two attached hydrogens (primary N) is 1. The third-order valence-electron chi connectivity index (χ3n) is 5.42. The van der Waals surface area contributed by atoms with Crippen LogP contribution in [0.25, 0.3) is 10.2 Å². The average Bonchev–Trinajstić information content (AvgIpc) is 3.29. The minimum Gasteiger partial charge on any atom is -0.383 e. The van der Waals surface area contributed by atoms with Gasteiger partial charge in [-0.1, -0.05) is 12.1 Å². The van der Waals surface area contributed by atoms with Crippen LogP contribution >= 0.6 is 22.7 Å². The van der Waals surface area contributed by atoms with E-state index in [1.54, 1.807) is 22.7 Å². The van der Waals surface area contributed by atoms with E-state index in [0.29, 0.717) is 12.0 Å². The van der Waals surface area contributed by atoms with Crippen LogP contribution in [-0.4, -0.2) is 10.8 Å². The van der Waals surface area contributed by atoms with Crippen LogP contribution in [0.5, 0.6) is 0 Å². The van der Waals surface area contributed by atoms with Crippen molar-refractivity contribution in [3.63, 3.8) is 0 Å². The lowest BCUT2D eigenvalue weighted by atomic mass is 9.74. The summed E-state index contributed by atoms with van der Waals surface area (Å²) in [6.07, 6.45) is 3.50. The van der Waals surface area contributed by atoms with Crippen molar-refractivity contribution in [2.24, 2.45) is 5.92 Å². The Bertz CT molecular complexity index is 1170. The lowest BCUT2D eigenvalue weighted by Crippen LogP contribution is -2.33. The highest BCUT2D eigenvalue weighted by Gasteiger charge is 2.43. The van der Waals surface area contributed by atoms with Crippen molar-refractivity contribution in [1.82, 2.24) is 4.98 Å². The van der Waals surface area contributed by atoms with Gasteiger partial charge in [-0.05, 0) is 30.4 Å². The third kappa shape index (κ3) is 2.27. The monoisotopic (exact) mass is 392 g/mol. The molecule has 0 unspecified atom stereocenters. The number of nitrogens with zero attached hydrogens (tertiary/aromatic N) is 2. The van der Waals surface area contributed by atoms with Crippen molar-refractivity contribution in [2.75, 3.05) is 11.1 Å². The summed E-state index contributed by atoms with van der Waals surface area (Å²) in [6.45, 7) is 1.92. The maximum atomic E-state index is 12.9. The number of fused-ring (bicyclic) bond motifs is 4. The molecule has 0 spiro atoms. The molecule has 5 nitrogen and oxygen atoms in total. The van der Waals surface area contributed by atoms with Crippen LogP contribution in [0.15, 0.2) is 29.3 Å². The Labute approximate surface area is 164 Å². The molecule has 3 aromatic rings. The van der Waals surface area contributed by atoms with Gasteiger partial charge in [-0.15, -0.1) is 22.7 Å². The molecular formula is C20H16N4OS2. The van der Waals surface area contributed by atoms with Crippen molar-refractivity contribution in [3.05, 3.63) is 50.9 Å².